The molecular formula is C16H19ClN2O. The number of amides is 1. The van der Waals surface area contributed by atoms with Gasteiger partial charge in [-0.3, -0.25) is 9.78 Å². The van der Waals surface area contributed by atoms with Crippen LogP contribution in [0.25, 0.3) is 10.9 Å². The van der Waals surface area contributed by atoms with E-state index < -0.39 is 0 Å². The van der Waals surface area contributed by atoms with Gasteiger partial charge in [-0.1, -0.05) is 18.6 Å². The fourth-order valence-corrected chi connectivity index (χ4v) is 2.41. The molecule has 0 fully saturated rings. The summed E-state index contributed by atoms with van der Waals surface area (Å²) in [6.45, 7) is 0.756. The predicted molar refractivity (Wildman–Crippen MR) is 83.3 cm³/mol. The summed E-state index contributed by atoms with van der Waals surface area (Å²) in [5.41, 5.74) is 1.57. The second kappa shape index (κ2) is 7.25. The molecule has 0 radical (unpaired) electrons. The number of carbonyl (C=O) groups excluding carboxylic acids is 1. The monoisotopic (exact) mass is 290 g/mol. The molecule has 0 atom stereocenters. The number of hydrogen-bond acceptors (Lipinski definition) is 2. The van der Waals surface area contributed by atoms with Crippen LogP contribution in [0.15, 0.2) is 36.5 Å². The lowest BCUT2D eigenvalue weighted by Crippen LogP contribution is -2.27. The summed E-state index contributed by atoms with van der Waals surface area (Å²) in [6.07, 6.45) is 4.78. The van der Waals surface area contributed by atoms with Crippen molar-refractivity contribution in [1.29, 1.82) is 0 Å². The molecule has 20 heavy (non-hydrogen) atoms. The molecule has 106 valence electrons. The molecule has 0 bridgehead atoms. The Balaban J connectivity index is 2.10. The number of nitrogens with zero attached hydrogens (tertiary/aromatic N) is 2. The number of aromatic nitrogens is 1. The second-order valence-corrected chi connectivity index (χ2v) is 5.23. The number of hydrogen-bond donors (Lipinski definition) is 0. The maximum atomic E-state index is 12.5. The SMILES string of the molecule is CN(CCCCCCl)C(=O)c1cccc2ncccc12. The molecule has 1 aromatic heterocycles. The second-order valence-electron chi connectivity index (χ2n) is 4.85. The molecule has 0 spiro atoms. The molecule has 0 saturated carbocycles. The van der Waals surface area contributed by atoms with Crippen LogP contribution in [-0.4, -0.2) is 35.3 Å². The van der Waals surface area contributed by atoms with Crippen molar-refractivity contribution in [3.8, 4) is 0 Å². The average molecular weight is 291 g/mol. The van der Waals surface area contributed by atoms with Crippen molar-refractivity contribution in [3.63, 3.8) is 0 Å². The van der Waals surface area contributed by atoms with Gasteiger partial charge in [0.2, 0.25) is 0 Å². The number of unbranched alkanes of at least 4 members (excludes halogenated alkanes) is 2. The fraction of sp³-hybridized carbons (Fsp3) is 0.375. The molecule has 0 aliphatic rings. The van der Waals surface area contributed by atoms with Crippen molar-refractivity contribution in [2.45, 2.75) is 19.3 Å². The number of pyridine rings is 1. The third kappa shape index (κ3) is 3.48. The van der Waals surface area contributed by atoms with Gasteiger partial charge in [-0.05, 0) is 31.0 Å². The van der Waals surface area contributed by atoms with Crippen LogP contribution in [0.5, 0.6) is 0 Å². The summed E-state index contributed by atoms with van der Waals surface area (Å²) in [5, 5.41) is 0.910. The molecule has 4 heteroatoms. The molecule has 2 rings (SSSR count). The van der Waals surface area contributed by atoms with Gasteiger partial charge in [0.25, 0.3) is 5.91 Å². The topological polar surface area (TPSA) is 33.2 Å². The van der Waals surface area contributed by atoms with E-state index in [-0.39, 0.29) is 5.91 Å². The highest BCUT2D eigenvalue weighted by Gasteiger charge is 2.14. The van der Waals surface area contributed by atoms with Crippen molar-refractivity contribution in [2.24, 2.45) is 0 Å². The largest absolute Gasteiger partial charge is 0.342 e. The Labute approximate surface area is 124 Å². The standard InChI is InChI=1S/C16H19ClN2O/c1-19(12-4-2-3-10-17)16(20)14-7-5-9-15-13(14)8-6-11-18-15/h5-9,11H,2-4,10,12H2,1H3. The Bertz CT molecular complexity index is 580. The summed E-state index contributed by atoms with van der Waals surface area (Å²) < 4.78 is 0. The Kier molecular flexibility index (Phi) is 5.36. The lowest BCUT2D eigenvalue weighted by Gasteiger charge is -2.18. The van der Waals surface area contributed by atoms with Crippen molar-refractivity contribution in [1.82, 2.24) is 9.88 Å². The van der Waals surface area contributed by atoms with Gasteiger partial charge >= 0.3 is 0 Å². The van der Waals surface area contributed by atoms with E-state index in [0.29, 0.717) is 5.88 Å². The molecule has 1 amide bonds. The maximum absolute atomic E-state index is 12.5. The van der Waals surface area contributed by atoms with E-state index in [0.717, 1.165) is 42.3 Å². The van der Waals surface area contributed by atoms with Gasteiger partial charge in [0, 0.05) is 36.6 Å². The first-order chi connectivity index (χ1) is 9.74. The van der Waals surface area contributed by atoms with Gasteiger partial charge in [-0.25, -0.2) is 0 Å². The average Bonchev–Trinajstić information content (AvgIpc) is 2.50. The molecular weight excluding hydrogens is 272 g/mol. The van der Waals surface area contributed by atoms with E-state index in [9.17, 15) is 4.79 Å². The Morgan fingerprint density at radius 1 is 1.20 bits per heavy atom. The van der Waals surface area contributed by atoms with E-state index in [2.05, 4.69) is 4.98 Å². The van der Waals surface area contributed by atoms with Crippen LogP contribution in [0.1, 0.15) is 29.6 Å². The normalized spacial score (nSPS) is 10.7. The van der Waals surface area contributed by atoms with Gasteiger partial charge in [-0.15, -0.1) is 11.6 Å². The van der Waals surface area contributed by atoms with Gasteiger partial charge in [-0.2, -0.15) is 0 Å². The van der Waals surface area contributed by atoms with Gasteiger partial charge in [0.05, 0.1) is 5.52 Å². The first-order valence-electron chi connectivity index (χ1n) is 6.89. The molecule has 2 aromatic rings. The molecule has 0 N–H and O–H groups in total. The van der Waals surface area contributed by atoms with Crippen LogP contribution < -0.4 is 0 Å². The van der Waals surface area contributed by atoms with Crippen LogP contribution in [0.3, 0.4) is 0 Å². The highest BCUT2D eigenvalue weighted by molar-refractivity contribution is 6.17. The zero-order valence-electron chi connectivity index (χ0n) is 11.7. The number of benzene rings is 1. The highest BCUT2D eigenvalue weighted by atomic mass is 35.5. The minimum absolute atomic E-state index is 0.0504. The molecule has 1 aromatic carbocycles. The van der Waals surface area contributed by atoms with Gasteiger partial charge in [0.1, 0.15) is 0 Å². The number of alkyl halides is 1. The number of fused-ring (bicyclic) bond motifs is 1. The molecule has 0 aliphatic carbocycles. The van der Waals surface area contributed by atoms with Gasteiger partial charge in [0.15, 0.2) is 0 Å². The first kappa shape index (κ1) is 14.8. The number of halogens is 1. The van der Waals surface area contributed by atoms with Crippen LogP contribution >= 0.6 is 11.6 Å². The zero-order chi connectivity index (χ0) is 14.4. The van der Waals surface area contributed by atoms with Crippen molar-refractivity contribution in [2.75, 3.05) is 19.5 Å². The third-order valence-corrected chi connectivity index (χ3v) is 3.62. The zero-order valence-corrected chi connectivity index (χ0v) is 12.4. The summed E-state index contributed by atoms with van der Waals surface area (Å²) in [7, 11) is 1.85. The van der Waals surface area contributed by atoms with E-state index in [4.69, 9.17) is 11.6 Å². The Morgan fingerprint density at radius 2 is 2.05 bits per heavy atom. The third-order valence-electron chi connectivity index (χ3n) is 3.35. The summed E-state index contributed by atoms with van der Waals surface area (Å²) in [4.78, 5) is 18.6. The highest BCUT2D eigenvalue weighted by Crippen LogP contribution is 2.18. The smallest absolute Gasteiger partial charge is 0.254 e. The molecule has 3 nitrogen and oxygen atoms in total. The van der Waals surface area contributed by atoms with Crippen LogP contribution in [0.2, 0.25) is 0 Å². The Hall–Kier alpha value is -1.61. The molecule has 0 aliphatic heterocycles. The molecule has 1 heterocycles. The minimum Gasteiger partial charge on any atom is -0.342 e. The Morgan fingerprint density at radius 3 is 2.85 bits per heavy atom. The van der Waals surface area contributed by atoms with Crippen LogP contribution in [0.4, 0.5) is 0 Å². The maximum Gasteiger partial charge on any atom is 0.254 e. The molecule has 0 saturated heterocycles. The summed E-state index contributed by atoms with van der Waals surface area (Å²) >= 11 is 5.65. The number of carbonyl (C=O) groups is 1. The lowest BCUT2D eigenvalue weighted by atomic mass is 10.1. The summed E-state index contributed by atoms with van der Waals surface area (Å²) in [5.74, 6) is 0.738. The van der Waals surface area contributed by atoms with Crippen molar-refractivity contribution < 1.29 is 4.79 Å². The van der Waals surface area contributed by atoms with Crippen LogP contribution in [-0.2, 0) is 0 Å². The first-order valence-corrected chi connectivity index (χ1v) is 7.42. The van der Waals surface area contributed by atoms with E-state index in [1.807, 2.05) is 37.4 Å². The minimum atomic E-state index is 0.0504. The quantitative estimate of drug-likeness (QED) is 0.600. The number of rotatable bonds is 6. The van der Waals surface area contributed by atoms with E-state index in [1.54, 1.807) is 11.1 Å². The predicted octanol–water partition coefficient (Wildman–Crippen LogP) is 3.72. The summed E-state index contributed by atoms with van der Waals surface area (Å²) in [6, 6.07) is 9.47. The molecule has 0 unspecified atom stereocenters. The lowest BCUT2D eigenvalue weighted by molar-refractivity contribution is 0.0794. The van der Waals surface area contributed by atoms with Crippen molar-refractivity contribution >= 4 is 28.4 Å². The van der Waals surface area contributed by atoms with E-state index in [1.165, 1.54) is 0 Å². The van der Waals surface area contributed by atoms with Crippen molar-refractivity contribution in [3.05, 3.63) is 42.1 Å². The van der Waals surface area contributed by atoms with Gasteiger partial charge < -0.3 is 4.90 Å². The fourth-order valence-electron chi connectivity index (χ4n) is 2.22. The van der Waals surface area contributed by atoms with Crippen LogP contribution in [0, 0.1) is 0 Å². The van der Waals surface area contributed by atoms with E-state index >= 15 is 0 Å².